The number of tetrazole rings is 1. The van der Waals surface area contributed by atoms with Crippen LogP contribution in [0, 0.1) is 0 Å². The van der Waals surface area contributed by atoms with Crippen LogP contribution in [0.2, 0.25) is 0 Å². The minimum atomic E-state index is 0.0432. The van der Waals surface area contributed by atoms with Crippen LogP contribution in [0.5, 0.6) is 0 Å². The highest BCUT2D eigenvalue weighted by Gasteiger charge is 2.06. The number of nitrogens with zero attached hydrogens (tertiary/aromatic N) is 4. The maximum atomic E-state index is 11.6. The fourth-order valence-electron chi connectivity index (χ4n) is 1.28. The minimum Gasteiger partial charge on any atom is -0.294 e. The molecule has 0 unspecified atom stereocenters. The molecule has 0 N–H and O–H groups in total. The molecular formula is C10H16N4O. The van der Waals surface area contributed by atoms with Gasteiger partial charge in [0.2, 0.25) is 0 Å². The van der Waals surface area contributed by atoms with E-state index in [1.54, 1.807) is 13.1 Å². The van der Waals surface area contributed by atoms with Crippen molar-refractivity contribution in [2.24, 2.45) is 7.05 Å². The molecule has 0 aliphatic heterocycles. The van der Waals surface area contributed by atoms with E-state index < -0.39 is 0 Å². The first-order valence-corrected chi connectivity index (χ1v) is 5.10. The van der Waals surface area contributed by atoms with Crippen LogP contribution in [-0.2, 0) is 18.3 Å². The van der Waals surface area contributed by atoms with Gasteiger partial charge >= 0.3 is 0 Å². The van der Waals surface area contributed by atoms with Crippen molar-refractivity contribution in [3.05, 3.63) is 17.5 Å². The molecule has 0 amide bonds. The quantitative estimate of drug-likeness (QED) is 0.679. The van der Waals surface area contributed by atoms with Crippen LogP contribution in [-0.4, -0.2) is 26.0 Å². The van der Waals surface area contributed by atoms with Crippen molar-refractivity contribution in [2.45, 2.75) is 33.1 Å². The van der Waals surface area contributed by atoms with Gasteiger partial charge in [-0.05, 0) is 24.1 Å². The Morgan fingerprint density at radius 2 is 2.07 bits per heavy atom. The van der Waals surface area contributed by atoms with Gasteiger partial charge in [0.05, 0.1) is 13.5 Å². The summed E-state index contributed by atoms with van der Waals surface area (Å²) >= 11 is 0. The van der Waals surface area contributed by atoms with Crippen molar-refractivity contribution >= 4 is 5.78 Å². The van der Waals surface area contributed by atoms with Crippen LogP contribution >= 0.6 is 0 Å². The molecule has 0 saturated carbocycles. The number of allylic oxidation sites excluding steroid dienone is 2. The first kappa shape index (κ1) is 11.6. The summed E-state index contributed by atoms with van der Waals surface area (Å²) in [6.07, 6.45) is 3.75. The van der Waals surface area contributed by atoms with E-state index >= 15 is 0 Å². The molecule has 0 spiro atoms. The number of carbonyl (C=O) groups is 1. The van der Waals surface area contributed by atoms with Gasteiger partial charge in [0.25, 0.3) is 0 Å². The summed E-state index contributed by atoms with van der Waals surface area (Å²) in [7, 11) is 1.68. The highest BCUT2D eigenvalue weighted by Crippen LogP contribution is 2.06. The molecule has 82 valence electrons. The standard InChI is InChI=1S/C10H16N4O/c1-4-8(5-2)6-9(15)7-10-11-13-14(3)12-10/h6H,4-5,7H2,1-3H3. The smallest absolute Gasteiger partial charge is 0.182 e. The zero-order chi connectivity index (χ0) is 11.3. The molecule has 1 aromatic rings. The largest absolute Gasteiger partial charge is 0.294 e. The second-order valence-electron chi connectivity index (χ2n) is 3.35. The van der Waals surface area contributed by atoms with Crippen molar-refractivity contribution in [1.82, 2.24) is 20.2 Å². The zero-order valence-electron chi connectivity index (χ0n) is 9.40. The van der Waals surface area contributed by atoms with Gasteiger partial charge in [-0.3, -0.25) is 4.79 Å². The lowest BCUT2D eigenvalue weighted by Crippen LogP contribution is -2.02. The third-order valence-corrected chi connectivity index (χ3v) is 2.16. The third-order valence-electron chi connectivity index (χ3n) is 2.16. The molecule has 0 bridgehead atoms. The number of rotatable bonds is 5. The zero-order valence-corrected chi connectivity index (χ0v) is 9.40. The summed E-state index contributed by atoms with van der Waals surface area (Å²) in [5, 5.41) is 11.4. The van der Waals surface area contributed by atoms with Crippen LogP contribution in [0.4, 0.5) is 0 Å². The van der Waals surface area contributed by atoms with Crippen LogP contribution in [0.1, 0.15) is 32.5 Å². The number of carbonyl (C=O) groups excluding carboxylic acids is 1. The Morgan fingerprint density at radius 1 is 1.40 bits per heavy atom. The molecule has 1 rings (SSSR count). The van der Waals surface area contributed by atoms with Crippen LogP contribution in [0.25, 0.3) is 0 Å². The van der Waals surface area contributed by atoms with Gasteiger partial charge in [0, 0.05) is 0 Å². The molecule has 1 aromatic heterocycles. The summed E-state index contributed by atoms with van der Waals surface area (Å²) in [6, 6.07) is 0. The summed E-state index contributed by atoms with van der Waals surface area (Å²) in [6.45, 7) is 4.09. The number of ketones is 1. The summed E-state index contributed by atoms with van der Waals surface area (Å²) in [4.78, 5) is 12.9. The number of aryl methyl sites for hydroxylation is 1. The predicted molar refractivity (Wildman–Crippen MR) is 56.2 cm³/mol. The number of hydrogen-bond donors (Lipinski definition) is 0. The average Bonchev–Trinajstić information content (AvgIpc) is 2.60. The van der Waals surface area contributed by atoms with Gasteiger partial charge < -0.3 is 0 Å². The Kier molecular flexibility index (Phi) is 4.15. The van der Waals surface area contributed by atoms with Crippen molar-refractivity contribution < 1.29 is 4.79 Å². The lowest BCUT2D eigenvalue weighted by molar-refractivity contribution is -0.114. The number of hydrogen-bond acceptors (Lipinski definition) is 4. The highest BCUT2D eigenvalue weighted by molar-refractivity contribution is 5.91. The minimum absolute atomic E-state index is 0.0432. The summed E-state index contributed by atoms with van der Waals surface area (Å²) in [5.74, 6) is 0.520. The molecule has 0 aromatic carbocycles. The molecule has 5 nitrogen and oxygen atoms in total. The Labute approximate surface area is 89.2 Å². The molecule has 0 aliphatic rings. The van der Waals surface area contributed by atoms with Crippen molar-refractivity contribution in [3.63, 3.8) is 0 Å². The van der Waals surface area contributed by atoms with E-state index in [0.717, 1.165) is 18.4 Å². The molecule has 0 saturated heterocycles. The monoisotopic (exact) mass is 208 g/mol. The lowest BCUT2D eigenvalue weighted by atomic mass is 10.1. The average molecular weight is 208 g/mol. The van der Waals surface area contributed by atoms with E-state index in [-0.39, 0.29) is 12.2 Å². The summed E-state index contributed by atoms with van der Waals surface area (Å²) in [5.41, 5.74) is 1.16. The molecule has 0 aliphatic carbocycles. The number of aromatic nitrogens is 4. The van der Waals surface area contributed by atoms with E-state index in [4.69, 9.17) is 0 Å². The normalized spacial score (nSPS) is 10.1. The van der Waals surface area contributed by atoms with Gasteiger partial charge in [-0.2, -0.15) is 4.80 Å². The molecule has 15 heavy (non-hydrogen) atoms. The topological polar surface area (TPSA) is 60.7 Å². The van der Waals surface area contributed by atoms with Crippen molar-refractivity contribution in [3.8, 4) is 0 Å². The Morgan fingerprint density at radius 3 is 2.53 bits per heavy atom. The maximum absolute atomic E-state index is 11.6. The summed E-state index contributed by atoms with van der Waals surface area (Å²) < 4.78 is 0. The van der Waals surface area contributed by atoms with E-state index in [1.807, 2.05) is 13.8 Å². The van der Waals surface area contributed by atoms with Gasteiger partial charge in [-0.1, -0.05) is 19.4 Å². The molecule has 5 heteroatoms. The lowest BCUT2D eigenvalue weighted by Gasteiger charge is -1.97. The Hall–Kier alpha value is -1.52. The highest BCUT2D eigenvalue weighted by atomic mass is 16.1. The van der Waals surface area contributed by atoms with Crippen LogP contribution < -0.4 is 0 Å². The Balaban J connectivity index is 2.60. The van der Waals surface area contributed by atoms with Gasteiger partial charge in [-0.25, -0.2) is 0 Å². The molecular weight excluding hydrogens is 192 g/mol. The van der Waals surface area contributed by atoms with Crippen molar-refractivity contribution in [1.29, 1.82) is 0 Å². The maximum Gasteiger partial charge on any atom is 0.182 e. The first-order valence-electron chi connectivity index (χ1n) is 5.10. The van der Waals surface area contributed by atoms with Crippen LogP contribution in [0.15, 0.2) is 11.6 Å². The molecule has 0 atom stereocenters. The SMILES string of the molecule is CCC(=CC(=O)Cc1nnn(C)n1)CC. The van der Waals surface area contributed by atoms with Gasteiger partial charge in [-0.15, -0.1) is 10.2 Å². The third kappa shape index (κ3) is 3.61. The van der Waals surface area contributed by atoms with E-state index in [0.29, 0.717) is 5.82 Å². The fraction of sp³-hybridized carbons (Fsp3) is 0.600. The second kappa shape index (κ2) is 5.38. The molecule has 0 fully saturated rings. The first-order chi connectivity index (χ1) is 7.15. The van der Waals surface area contributed by atoms with Gasteiger partial charge in [0.1, 0.15) is 0 Å². The second-order valence-corrected chi connectivity index (χ2v) is 3.35. The molecule has 1 heterocycles. The Bertz CT molecular complexity index is 361. The van der Waals surface area contributed by atoms with E-state index in [1.165, 1.54) is 4.80 Å². The van der Waals surface area contributed by atoms with E-state index in [2.05, 4.69) is 15.4 Å². The van der Waals surface area contributed by atoms with Gasteiger partial charge in [0.15, 0.2) is 11.6 Å². The predicted octanol–water partition coefficient (Wildman–Crippen LogP) is 1.07. The van der Waals surface area contributed by atoms with Crippen molar-refractivity contribution in [2.75, 3.05) is 0 Å². The fourth-order valence-corrected chi connectivity index (χ4v) is 1.28. The molecule has 0 radical (unpaired) electrons. The van der Waals surface area contributed by atoms with Crippen LogP contribution in [0.3, 0.4) is 0 Å². The van der Waals surface area contributed by atoms with E-state index in [9.17, 15) is 4.79 Å².